The predicted octanol–water partition coefficient (Wildman–Crippen LogP) is 3.89. The lowest BCUT2D eigenvalue weighted by atomic mass is 10.2. The van der Waals surface area contributed by atoms with Crippen LogP contribution in [-0.4, -0.2) is 28.2 Å². The van der Waals surface area contributed by atoms with Crippen LogP contribution in [0.5, 0.6) is 11.5 Å². The monoisotopic (exact) mass is 403 g/mol. The number of hydrogen-bond donors (Lipinski definition) is 1. The van der Waals surface area contributed by atoms with Crippen LogP contribution >= 0.6 is 23.2 Å². The summed E-state index contributed by atoms with van der Waals surface area (Å²) in [6.07, 6.45) is 0. The molecule has 0 amide bonds. The maximum absolute atomic E-state index is 12.3. The summed E-state index contributed by atoms with van der Waals surface area (Å²) in [6.45, 7) is 1.92. The molecule has 0 aliphatic rings. The van der Waals surface area contributed by atoms with Crippen molar-refractivity contribution in [1.82, 2.24) is 4.72 Å². The Labute approximate surface area is 157 Å². The summed E-state index contributed by atoms with van der Waals surface area (Å²) < 4.78 is 37.8. The highest BCUT2D eigenvalue weighted by Gasteiger charge is 2.17. The molecular formula is C17H19Cl2NO4S. The lowest BCUT2D eigenvalue weighted by Gasteiger charge is -2.16. The van der Waals surface area contributed by atoms with Gasteiger partial charge in [-0.25, -0.2) is 13.1 Å². The second-order valence-electron chi connectivity index (χ2n) is 5.50. The third-order valence-electron chi connectivity index (χ3n) is 3.30. The molecule has 8 heteroatoms. The minimum absolute atomic E-state index is 0.194. The first-order chi connectivity index (χ1) is 11.8. The van der Waals surface area contributed by atoms with E-state index < -0.39 is 16.1 Å². The second-order valence-corrected chi connectivity index (χ2v) is 8.10. The van der Waals surface area contributed by atoms with E-state index in [4.69, 9.17) is 32.7 Å². The van der Waals surface area contributed by atoms with Crippen molar-refractivity contribution >= 4 is 33.2 Å². The average Bonchev–Trinajstić information content (AvgIpc) is 2.55. The lowest BCUT2D eigenvalue weighted by molar-refractivity contribution is 0.287. The van der Waals surface area contributed by atoms with Crippen molar-refractivity contribution < 1.29 is 17.9 Å². The second kappa shape index (κ2) is 8.76. The molecule has 0 fully saturated rings. The number of sulfonamides is 1. The molecule has 0 aromatic heterocycles. The number of halogens is 2. The summed E-state index contributed by atoms with van der Waals surface area (Å²) in [4.78, 5) is 0. The molecule has 0 aliphatic heterocycles. The van der Waals surface area contributed by atoms with Gasteiger partial charge in [0.05, 0.1) is 18.9 Å². The first-order valence-corrected chi connectivity index (χ1v) is 9.90. The van der Waals surface area contributed by atoms with Crippen molar-refractivity contribution in [3.05, 3.63) is 58.1 Å². The first kappa shape index (κ1) is 19.8. The van der Waals surface area contributed by atoms with Crippen molar-refractivity contribution in [1.29, 1.82) is 0 Å². The Morgan fingerprint density at radius 3 is 2.32 bits per heavy atom. The number of ether oxygens (including phenoxy) is 2. The highest BCUT2D eigenvalue weighted by Crippen LogP contribution is 2.22. The Morgan fingerprint density at radius 2 is 1.72 bits per heavy atom. The Balaban J connectivity index is 1.90. The van der Waals surface area contributed by atoms with Gasteiger partial charge in [0.25, 0.3) is 0 Å². The van der Waals surface area contributed by atoms with Crippen LogP contribution in [-0.2, 0) is 15.8 Å². The van der Waals surface area contributed by atoms with Crippen LogP contribution in [0.4, 0.5) is 0 Å². The zero-order valence-corrected chi connectivity index (χ0v) is 16.2. The summed E-state index contributed by atoms with van der Waals surface area (Å²) in [5, 5.41) is 0.778. The summed E-state index contributed by atoms with van der Waals surface area (Å²) in [7, 11) is -1.98. The molecule has 2 aromatic rings. The summed E-state index contributed by atoms with van der Waals surface area (Å²) >= 11 is 11.8. The third-order valence-corrected chi connectivity index (χ3v) is 5.34. The number of benzene rings is 2. The predicted molar refractivity (Wildman–Crippen MR) is 100 cm³/mol. The van der Waals surface area contributed by atoms with E-state index in [1.165, 1.54) is 6.07 Å². The SMILES string of the molecule is COc1ccc(OC[C@@H](C)NS(=O)(=O)Cc2ccc(Cl)cc2Cl)cc1. The van der Waals surface area contributed by atoms with E-state index in [-0.39, 0.29) is 12.4 Å². The van der Waals surface area contributed by atoms with E-state index in [2.05, 4.69) is 4.72 Å². The largest absolute Gasteiger partial charge is 0.497 e. The van der Waals surface area contributed by atoms with Crippen LogP contribution in [0.3, 0.4) is 0 Å². The van der Waals surface area contributed by atoms with Crippen molar-refractivity contribution in [2.75, 3.05) is 13.7 Å². The fraction of sp³-hybridized carbons (Fsp3) is 0.294. The molecule has 136 valence electrons. The van der Waals surface area contributed by atoms with Gasteiger partial charge >= 0.3 is 0 Å². The molecule has 0 heterocycles. The molecule has 0 spiro atoms. The van der Waals surface area contributed by atoms with Gasteiger partial charge in [-0.15, -0.1) is 0 Å². The molecule has 0 unspecified atom stereocenters. The highest BCUT2D eigenvalue weighted by atomic mass is 35.5. The molecule has 1 N–H and O–H groups in total. The smallest absolute Gasteiger partial charge is 0.216 e. The van der Waals surface area contributed by atoms with Crippen molar-refractivity contribution in [2.45, 2.75) is 18.7 Å². The Kier molecular flexibility index (Phi) is 6.95. The van der Waals surface area contributed by atoms with E-state index in [1.807, 2.05) is 0 Å². The number of rotatable bonds is 8. The molecule has 0 saturated carbocycles. The maximum Gasteiger partial charge on any atom is 0.216 e. The zero-order valence-electron chi connectivity index (χ0n) is 13.8. The molecular weight excluding hydrogens is 385 g/mol. The minimum Gasteiger partial charge on any atom is -0.497 e. The van der Waals surface area contributed by atoms with E-state index >= 15 is 0 Å². The first-order valence-electron chi connectivity index (χ1n) is 7.50. The van der Waals surface area contributed by atoms with E-state index in [9.17, 15) is 8.42 Å². The lowest BCUT2D eigenvalue weighted by Crippen LogP contribution is -2.37. The molecule has 2 aromatic carbocycles. The topological polar surface area (TPSA) is 64.6 Å². The van der Waals surface area contributed by atoms with Crippen LogP contribution in [0.2, 0.25) is 10.0 Å². The van der Waals surface area contributed by atoms with Gasteiger partial charge in [0.1, 0.15) is 18.1 Å². The summed E-state index contributed by atoms with van der Waals surface area (Å²) in [6, 6.07) is 11.4. The minimum atomic E-state index is -3.56. The molecule has 0 aliphatic carbocycles. The van der Waals surface area contributed by atoms with E-state index in [1.54, 1.807) is 50.4 Å². The van der Waals surface area contributed by atoms with E-state index in [0.29, 0.717) is 21.4 Å². The van der Waals surface area contributed by atoms with Gasteiger partial charge in [0.15, 0.2) is 0 Å². The van der Waals surface area contributed by atoms with Crippen LogP contribution in [0, 0.1) is 0 Å². The summed E-state index contributed by atoms with van der Waals surface area (Å²) in [5.41, 5.74) is 0.488. The van der Waals surface area contributed by atoms with Gasteiger partial charge in [-0.2, -0.15) is 0 Å². The van der Waals surface area contributed by atoms with Crippen LogP contribution in [0.25, 0.3) is 0 Å². The van der Waals surface area contributed by atoms with Crippen LogP contribution in [0.15, 0.2) is 42.5 Å². The van der Waals surface area contributed by atoms with Crippen LogP contribution < -0.4 is 14.2 Å². The quantitative estimate of drug-likeness (QED) is 0.725. The molecule has 2 rings (SSSR count). The fourth-order valence-corrected chi connectivity index (χ4v) is 4.10. The molecule has 0 bridgehead atoms. The van der Waals surface area contributed by atoms with Gasteiger partial charge in [-0.05, 0) is 48.9 Å². The maximum atomic E-state index is 12.3. The van der Waals surface area contributed by atoms with Crippen molar-refractivity contribution in [2.24, 2.45) is 0 Å². The van der Waals surface area contributed by atoms with Gasteiger partial charge in [-0.3, -0.25) is 0 Å². The zero-order chi connectivity index (χ0) is 18.4. The van der Waals surface area contributed by atoms with Gasteiger partial charge < -0.3 is 9.47 Å². The van der Waals surface area contributed by atoms with Crippen LogP contribution in [0.1, 0.15) is 12.5 Å². The summed E-state index contributed by atoms with van der Waals surface area (Å²) in [5.74, 6) is 1.13. The Morgan fingerprint density at radius 1 is 1.08 bits per heavy atom. The van der Waals surface area contributed by atoms with Gasteiger partial charge in [0, 0.05) is 10.0 Å². The molecule has 5 nitrogen and oxygen atoms in total. The Hall–Kier alpha value is -1.47. The Bertz CT molecular complexity index is 810. The van der Waals surface area contributed by atoms with Gasteiger partial charge in [-0.1, -0.05) is 29.3 Å². The van der Waals surface area contributed by atoms with E-state index in [0.717, 1.165) is 5.75 Å². The third kappa shape index (κ3) is 6.40. The van der Waals surface area contributed by atoms with Crippen molar-refractivity contribution in [3.63, 3.8) is 0 Å². The molecule has 0 radical (unpaired) electrons. The number of hydrogen-bond acceptors (Lipinski definition) is 4. The normalized spacial score (nSPS) is 12.6. The fourth-order valence-electron chi connectivity index (χ4n) is 2.12. The highest BCUT2D eigenvalue weighted by molar-refractivity contribution is 7.88. The van der Waals surface area contributed by atoms with Gasteiger partial charge in [0.2, 0.25) is 10.0 Å². The molecule has 0 saturated heterocycles. The average molecular weight is 404 g/mol. The molecule has 1 atom stereocenters. The van der Waals surface area contributed by atoms with Crippen molar-refractivity contribution in [3.8, 4) is 11.5 Å². The number of nitrogens with one attached hydrogen (secondary N) is 1. The number of methoxy groups -OCH3 is 1. The standard InChI is InChI=1S/C17H19Cl2NO4S/c1-12(10-24-16-7-5-15(23-2)6-8-16)20-25(21,22)11-13-3-4-14(18)9-17(13)19/h3-9,12,20H,10-11H2,1-2H3/t12-/m1/s1. The molecule has 25 heavy (non-hydrogen) atoms.